The van der Waals surface area contributed by atoms with Crippen molar-refractivity contribution in [2.75, 3.05) is 6.61 Å². The molecule has 1 aromatic rings. The van der Waals surface area contributed by atoms with E-state index in [0.29, 0.717) is 0 Å². The first-order valence-electron chi connectivity index (χ1n) is 5.81. The summed E-state index contributed by atoms with van der Waals surface area (Å²) in [5.41, 5.74) is 0.202. The molecule has 1 heterocycles. The second kappa shape index (κ2) is 4.77. The molecule has 1 saturated carbocycles. The Hall–Kier alpha value is -1.89. The number of carbonyl (C=O) groups is 1. The smallest absolute Gasteiger partial charge is 0.287 e. The van der Waals surface area contributed by atoms with Crippen molar-refractivity contribution < 1.29 is 14.8 Å². The SMILES string of the molecule is C[C@H](CO)NC(=O)c1cc([N+](=O)[O-])cn1C1CC1. The number of nitrogens with one attached hydrogen (secondary N) is 1. The Morgan fingerprint density at radius 1 is 1.72 bits per heavy atom. The van der Waals surface area contributed by atoms with Crippen LogP contribution in [-0.2, 0) is 0 Å². The van der Waals surface area contributed by atoms with Gasteiger partial charge in [-0.15, -0.1) is 0 Å². The molecule has 0 unspecified atom stereocenters. The predicted molar refractivity (Wildman–Crippen MR) is 63.4 cm³/mol. The number of aromatic nitrogens is 1. The van der Waals surface area contributed by atoms with Gasteiger partial charge in [0.05, 0.1) is 17.7 Å². The van der Waals surface area contributed by atoms with E-state index in [1.54, 1.807) is 11.5 Å². The Balaban J connectivity index is 2.24. The fourth-order valence-electron chi connectivity index (χ4n) is 1.74. The number of rotatable bonds is 5. The molecule has 98 valence electrons. The molecule has 1 aliphatic carbocycles. The molecule has 1 atom stereocenters. The van der Waals surface area contributed by atoms with Crippen LogP contribution in [-0.4, -0.2) is 33.2 Å². The van der Waals surface area contributed by atoms with Crippen LogP contribution in [0.3, 0.4) is 0 Å². The normalized spacial score (nSPS) is 16.3. The van der Waals surface area contributed by atoms with Gasteiger partial charge in [-0.25, -0.2) is 0 Å². The highest BCUT2D eigenvalue weighted by Gasteiger charge is 2.30. The van der Waals surface area contributed by atoms with E-state index in [0.717, 1.165) is 12.8 Å². The van der Waals surface area contributed by atoms with Crippen LogP contribution in [0.1, 0.15) is 36.3 Å². The van der Waals surface area contributed by atoms with Crippen molar-refractivity contribution in [3.63, 3.8) is 0 Å². The minimum Gasteiger partial charge on any atom is -0.394 e. The second-order valence-electron chi connectivity index (χ2n) is 4.54. The van der Waals surface area contributed by atoms with Gasteiger partial charge in [-0.05, 0) is 19.8 Å². The summed E-state index contributed by atoms with van der Waals surface area (Å²) in [5, 5.41) is 22.2. The summed E-state index contributed by atoms with van der Waals surface area (Å²) < 4.78 is 1.65. The summed E-state index contributed by atoms with van der Waals surface area (Å²) in [7, 11) is 0. The van der Waals surface area contributed by atoms with Gasteiger partial charge in [0.15, 0.2) is 0 Å². The molecule has 0 aliphatic heterocycles. The van der Waals surface area contributed by atoms with Crippen molar-refractivity contribution in [3.8, 4) is 0 Å². The van der Waals surface area contributed by atoms with Crippen LogP contribution in [0.5, 0.6) is 0 Å². The molecular weight excluding hydrogens is 238 g/mol. The number of hydrogen-bond donors (Lipinski definition) is 2. The lowest BCUT2D eigenvalue weighted by atomic mass is 10.3. The fourth-order valence-corrected chi connectivity index (χ4v) is 1.74. The van der Waals surface area contributed by atoms with Gasteiger partial charge in [-0.2, -0.15) is 0 Å². The zero-order chi connectivity index (χ0) is 13.3. The molecule has 7 heteroatoms. The van der Waals surface area contributed by atoms with Gasteiger partial charge < -0.3 is 15.0 Å². The van der Waals surface area contributed by atoms with E-state index in [1.807, 2.05) is 0 Å². The molecule has 0 bridgehead atoms. The third-order valence-corrected chi connectivity index (χ3v) is 2.87. The highest BCUT2D eigenvalue weighted by Crippen LogP contribution is 2.37. The topological polar surface area (TPSA) is 97.4 Å². The van der Waals surface area contributed by atoms with Crippen molar-refractivity contribution in [1.29, 1.82) is 0 Å². The van der Waals surface area contributed by atoms with Crippen molar-refractivity contribution in [1.82, 2.24) is 9.88 Å². The van der Waals surface area contributed by atoms with Crippen molar-refractivity contribution in [2.45, 2.75) is 31.8 Å². The first-order chi connectivity index (χ1) is 8.52. The van der Waals surface area contributed by atoms with Gasteiger partial charge >= 0.3 is 0 Å². The fraction of sp³-hybridized carbons (Fsp3) is 0.545. The van der Waals surface area contributed by atoms with Crippen LogP contribution in [0.25, 0.3) is 0 Å². The number of hydrogen-bond acceptors (Lipinski definition) is 4. The summed E-state index contributed by atoms with van der Waals surface area (Å²) in [5.74, 6) is -0.392. The molecule has 0 spiro atoms. The average molecular weight is 253 g/mol. The lowest BCUT2D eigenvalue weighted by Gasteiger charge is -2.12. The summed E-state index contributed by atoms with van der Waals surface area (Å²) >= 11 is 0. The first-order valence-corrected chi connectivity index (χ1v) is 5.81. The highest BCUT2D eigenvalue weighted by atomic mass is 16.6. The Bertz CT molecular complexity index is 479. The molecule has 2 N–H and O–H groups in total. The standard InChI is InChI=1S/C11H15N3O4/c1-7(6-15)12-11(16)10-4-9(14(17)18)5-13(10)8-2-3-8/h4-5,7-8,15H,2-3,6H2,1H3,(H,12,16)/t7-/m1/s1. The van der Waals surface area contributed by atoms with E-state index >= 15 is 0 Å². The number of aliphatic hydroxyl groups excluding tert-OH is 1. The minimum atomic E-state index is -0.509. The number of amides is 1. The summed E-state index contributed by atoms with van der Waals surface area (Å²) in [6.45, 7) is 1.49. The van der Waals surface area contributed by atoms with Crippen LogP contribution in [0.4, 0.5) is 5.69 Å². The van der Waals surface area contributed by atoms with Crippen molar-refractivity contribution in [2.24, 2.45) is 0 Å². The molecule has 1 amide bonds. The van der Waals surface area contributed by atoms with Crippen molar-refractivity contribution in [3.05, 3.63) is 28.1 Å². The molecule has 1 aliphatic rings. The zero-order valence-corrected chi connectivity index (χ0v) is 10.00. The van der Waals surface area contributed by atoms with Crippen LogP contribution in [0.2, 0.25) is 0 Å². The van der Waals surface area contributed by atoms with Crippen LogP contribution in [0.15, 0.2) is 12.3 Å². The molecule has 0 radical (unpaired) electrons. The summed E-state index contributed by atoms with van der Waals surface area (Å²) in [6.07, 6.45) is 3.26. The lowest BCUT2D eigenvalue weighted by molar-refractivity contribution is -0.384. The molecular formula is C11H15N3O4. The molecule has 0 aromatic carbocycles. The minimum absolute atomic E-state index is 0.0799. The third-order valence-electron chi connectivity index (χ3n) is 2.87. The van der Waals surface area contributed by atoms with Gasteiger partial charge in [-0.3, -0.25) is 14.9 Å². The van der Waals surface area contributed by atoms with Crippen molar-refractivity contribution >= 4 is 11.6 Å². The number of nitro groups is 1. The monoisotopic (exact) mass is 253 g/mol. The van der Waals surface area contributed by atoms with Gasteiger partial charge in [0.1, 0.15) is 5.69 Å². The quantitative estimate of drug-likeness (QED) is 0.600. The van der Waals surface area contributed by atoms with Gasteiger partial charge in [-0.1, -0.05) is 0 Å². The van der Waals surface area contributed by atoms with E-state index in [9.17, 15) is 14.9 Å². The van der Waals surface area contributed by atoms with Gasteiger partial charge in [0, 0.05) is 18.2 Å². The highest BCUT2D eigenvalue weighted by molar-refractivity contribution is 5.93. The predicted octanol–water partition coefficient (Wildman–Crippen LogP) is 0.842. The Labute approximate surface area is 104 Å². The van der Waals surface area contributed by atoms with E-state index in [2.05, 4.69) is 5.32 Å². The number of aliphatic hydroxyl groups is 1. The van der Waals surface area contributed by atoms with E-state index in [1.165, 1.54) is 12.3 Å². The van der Waals surface area contributed by atoms with Gasteiger partial charge in [0.25, 0.3) is 11.6 Å². The summed E-state index contributed by atoms with van der Waals surface area (Å²) in [6, 6.07) is 1.08. The Morgan fingerprint density at radius 3 is 2.89 bits per heavy atom. The Kier molecular flexibility index (Phi) is 3.33. The number of nitrogens with zero attached hydrogens (tertiary/aromatic N) is 2. The van der Waals surface area contributed by atoms with Gasteiger partial charge in [0.2, 0.25) is 0 Å². The first kappa shape index (κ1) is 12.6. The molecule has 1 aromatic heterocycles. The second-order valence-corrected chi connectivity index (χ2v) is 4.54. The number of carbonyl (C=O) groups excluding carboxylic acids is 1. The Morgan fingerprint density at radius 2 is 2.39 bits per heavy atom. The molecule has 2 rings (SSSR count). The third kappa shape index (κ3) is 2.51. The maximum atomic E-state index is 11.9. The maximum Gasteiger partial charge on any atom is 0.287 e. The summed E-state index contributed by atoms with van der Waals surface area (Å²) in [4.78, 5) is 22.2. The van der Waals surface area contributed by atoms with Crippen LogP contribution >= 0.6 is 0 Å². The maximum absolute atomic E-state index is 11.9. The molecule has 0 saturated heterocycles. The average Bonchev–Trinajstić information content (AvgIpc) is 3.07. The van der Waals surface area contributed by atoms with E-state index in [4.69, 9.17) is 5.11 Å². The zero-order valence-electron chi connectivity index (χ0n) is 10.00. The molecule has 1 fully saturated rings. The van der Waals surface area contributed by atoms with E-state index < -0.39 is 10.8 Å². The molecule has 18 heavy (non-hydrogen) atoms. The lowest BCUT2D eigenvalue weighted by Crippen LogP contribution is -2.36. The largest absolute Gasteiger partial charge is 0.394 e. The molecule has 7 nitrogen and oxygen atoms in total. The van der Waals surface area contributed by atoms with Crippen LogP contribution < -0.4 is 5.32 Å². The van der Waals surface area contributed by atoms with E-state index in [-0.39, 0.29) is 30.1 Å². The van der Waals surface area contributed by atoms with Crippen LogP contribution in [0, 0.1) is 10.1 Å².